The Labute approximate surface area is 115 Å². The van der Waals surface area contributed by atoms with Crippen molar-refractivity contribution < 1.29 is 32.2 Å². The number of sulfonamides is 1. The molecule has 0 bridgehead atoms. The van der Waals surface area contributed by atoms with Gasteiger partial charge in [-0.1, -0.05) is 0 Å². The zero-order chi connectivity index (χ0) is 15.3. The summed E-state index contributed by atoms with van der Waals surface area (Å²) >= 11 is 0. The summed E-state index contributed by atoms with van der Waals surface area (Å²) in [5.74, 6) is -1.59. The van der Waals surface area contributed by atoms with Crippen molar-refractivity contribution in [2.75, 3.05) is 20.8 Å². The number of benzene rings is 1. The summed E-state index contributed by atoms with van der Waals surface area (Å²) in [7, 11) is -1.54. The Morgan fingerprint density at radius 3 is 2.40 bits per heavy atom. The molecule has 0 saturated heterocycles. The average molecular weight is 303 g/mol. The van der Waals surface area contributed by atoms with Gasteiger partial charge in [0.05, 0.1) is 19.1 Å². The second kappa shape index (κ2) is 6.35. The molecule has 0 amide bonds. The molecule has 9 heteroatoms. The van der Waals surface area contributed by atoms with Crippen LogP contribution < -0.4 is 9.88 Å². The highest BCUT2D eigenvalue weighted by Crippen LogP contribution is 2.22. The Morgan fingerprint density at radius 1 is 1.25 bits per heavy atom. The van der Waals surface area contributed by atoms with Gasteiger partial charge in [0, 0.05) is 0 Å². The molecule has 8 nitrogen and oxygen atoms in total. The van der Waals surface area contributed by atoms with Gasteiger partial charge in [-0.3, -0.25) is 0 Å². The molecule has 0 aromatic heterocycles. The molecule has 0 atom stereocenters. The summed E-state index contributed by atoms with van der Waals surface area (Å²) in [5.41, 5.74) is -0.164. The van der Waals surface area contributed by atoms with Gasteiger partial charge in [-0.2, -0.15) is 0 Å². The molecule has 0 aliphatic carbocycles. The van der Waals surface area contributed by atoms with E-state index in [1.807, 2.05) is 0 Å². The van der Waals surface area contributed by atoms with Gasteiger partial charge in [0.2, 0.25) is 10.0 Å². The Bertz CT molecular complexity index is 624. The quantitative estimate of drug-likeness (QED) is 0.739. The molecule has 0 radical (unpaired) electrons. The van der Waals surface area contributed by atoms with Crippen molar-refractivity contribution in [2.24, 2.45) is 5.14 Å². The van der Waals surface area contributed by atoms with Crippen molar-refractivity contribution in [3.63, 3.8) is 0 Å². The lowest BCUT2D eigenvalue weighted by Gasteiger charge is -2.09. The Hall–Kier alpha value is -2.13. The molecule has 0 aliphatic heterocycles. The lowest BCUT2D eigenvalue weighted by molar-refractivity contribution is -0.144. The number of primary sulfonamides is 1. The van der Waals surface area contributed by atoms with Crippen LogP contribution in [0.5, 0.6) is 5.75 Å². The number of rotatable bonds is 5. The number of carbonyl (C=O) groups excluding carboxylic acids is 2. The molecule has 0 heterocycles. The number of nitrogens with two attached hydrogens (primary N) is 1. The molecular weight excluding hydrogens is 290 g/mol. The highest BCUT2D eigenvalue weighted by atomic mass is 32.2. The van der Waals surface area contributed by atoms with E-state index in [0.717, 1.165) is 13.2 Å². The van der Waals surface area contributed by atoms with E-state index in [9.17, 15) is 18.0 Å². The van der Waals surface area contributed by atoms with Crippen LogP contribution in [0.4, 0.5) is 0 Å². The van der Waals surface area contributed by atoms with Crippen LogP contribution in [0.2, 0.25) is 0 Å². The van der Waals surface area contributed by atoms with E-state index in [4.69, 9.17) is 9.88 Å². The molecule has 0 saturated carbocycles. The standard InChI is InChI=1S/C11H13NO7S/c1-17-9-4-3-7(20(12,15)16)5-8(9)11(14)19-6-10(13)18-2/h3-5H,6H2,1-2H3,(H2,12,15,16). The SMILES string of the molecule is COC(=O)COC(=O)c1cc(S(N)(=O)=O)ccc1OC. The highest BCUT2D eigenvalue weighted by Gasteiger charge is 2.19. The van der Waals surface area contributed by atoms with E-state index in [-0.39, 0.29) is 16.2 Å². The Morgan fingerprint density at radius 2 is 1.90 bits per heavy atom. The number of hydrogen-bond donors (Lipinski definition) is 1. The van der Waals surface area contributed by atoms with E-state index in [2.05, 4.69) is 9.47 Å². The second-order valence-corrected chi connectivity index (χ2v) is 5.12. The summed E-state index contributed by atoms with van der Waals surface area (Å²) < 4.78 is 36.3. The fourth-order valence-corrected chi connectivity index (χ4v) is 1.82. The van der Waals surface area contributed by atoms with Gasteiger partial charge in [0.25, 0.3) is 0 Å². The molecule has 1 aromatic carbocycles. The lowest BCUT2D eigenvalue weighted by Crippen LogP contribution is -2.17. The predicted molar refractivity (Wildman–Crippen MR) is 66.7 cm³/mol. The van der Waals surface area contributed by atoms with E-state index < -0.39 is 28.6 Å². The Kier molecular flexibility index (Phi) is 5.06. The van der Waals surface area contributed by atoms with Crippen molar-refractivity contribution in [3.8, 4) is 5.75 Å². The van der Waals surface area contributed by atoms with Gasteiger partial charge in [-0.05, 0) is 18.2 Å². The second-order valence-electron chi connectivity index (χ2n) is 3.56. The van der Waals surface area contributed by atoms with E-state index in [0.29, 0.717) is 0 Å². The van der Waals surface area contributed by atoms with Gasteiger partial charge >= 0.3 is 11.9 Å². The fraction of sp³-hybridized carbons (Fsp3) is 0.273. The van der Waals surface area contributed by atoms with E-state index in [1.165, 1.54) is 19.2 Å². The van der Waals surface area contributed by atoms with E-state index in [1.54, 1.807) is 0 Å². The van der Waals surface area contributed by atoms with Gasteiger partial charge in [0.1, 0.15) is 11.3 Å². The maximum atomic E-state index is 11.8. The van der Waals surface area contributed by atoms with E-state index >= 15 is 0 Å². The van der Waals surface area contributed by atoms with Gasteiger partial charge in [-0.25, -0.2) is 23.1 Å². The molecule has 0 fully saturated rings. The van der Waals surface area contributed by atoms with Gasteiger partial charge in [0.15, 0.2) is 6.61 Å². The minimum absolute atomic E-state index is 0.0901. The molecule has 20 heavy (non-hydrogen) atoms. The maximum absolute atomic E-state index is 11.8. The van der Waals surface area contributed by atoms with Crippen LogP contribution in [0.15, 0.2) is 23.1 Å². The van der Waals surface area contributed by atoms with Crippen LogP contribution in [0, 0.1) is 0 Å². The van der Waals surface area contributed by atoms with Gasteiger partial charge in [-0.15, -0.1) is 0 Å². The molecule has 1 aromatic rings. The topological polar surface area (TPSA) is 122 Å². The van der Waals surface area contributed by atoms with Crippen LogP contribution in [0.1, 0.15) is 10.4 Å². The largest absolute Gasteiger partial charge is 0.496 e. The first-order valence-electron chi connectivity index (χ1n) is 5.24. The number of carbonyl (C=O) groups is 2. The predicted octanol–water partition coefficient (Wildman–Crippen LogP) is -0.328. The van der Waals surface area contributed by atoms with Gasteiger partial charge < -0.3 is 14.2 Å². The van der Waals surface area contributed by atoms with Crippen molar-refractivity contribution in [2.45, 2.75) is 4.90 Å². The first-order chi connectivity index (χ1) is 9.29. The molecule has 0 unspecified atom stereocenters. The third-order valence-corrected chi connectivity index (χ3v) is 3.18. The van der Waals surface area contributed by atoms with Crippen LogP contribution in [0.3, 0.4) is 0 Å². The first-order valence-corrected chi connectivity index (χ1v) is 6.79. The number of hydrogen-bond acceptors (Lipinski definition) is 7. The monoisotopic (exact) mass is 303 g/mol. The summed E-state index contributed by atoms with van der Waals surface area (Å²) in [6, 6.07) is 3.45. The summed E-state index contributed by atoms with van der Waals surface area (Å²) in [4.78, 5) is 22.4. The third-order valence-electron chi connectivity index (χ3n) is 2.27. The smallest absolute Gasteiger partial charge is 0.344 e. The molecule has 2 N–H and O–H groups in total. The van der Waals surface area contributed by atoms with Crippen LogP contribution in [-0.2, 0) is 24.3 Å². The van der Waals surface area contributed by atoms with Crippen molar-refractivity contribution in [1.29, 1.82) is 0 Å². The number of esters is 2. The summed E-state index contributed by atoms with van der Waals surface area (Å²) in [5, 5.41) is 4.97. The van der Waals surface area contributed by atoms with Crippen LogP contribution >= 0.6 is 0 Å². The summed E-state index contributed by atoms with van der Waals surface area (Å²) in [6.45, 7) is -0.599. The third kappa shape index (κ3) is 3.93. The van der Waals surface area contributed by atoms with Crippen molar-refractivity contribution >= 4 is 22.0 Å². The lowest BCUT2D eigenvalue weighted by atomic mass is 10.2. The highest BCUT2D eigenvalue weighted by molar-refractivity contribution is 7.89. The van der Waals surface area contributed by atoms with Crippen molar-refractivity contribution in [1.82, 2.24) is 0 Å². The Balaban J connectivity index is 3.08. The molecule has 110 valence electrons. The first kappa shape index (κ1) is 15.9. The molecule has 1 rings (SSSR count). The minimum atomic E-state index is -3.97. The number of methoxy groups -OCH3 is 2. The molecule has 0 aliphatic rings. The maximum Gasteiger partial charge on any atom is 0.344 e. The molecular formula is C11H13NO7S. The number of ether oxygens (including phenoxy) is 3. The van der Waals surface area contributed by atoms with Crippen LogP contribution in [-0.4, -0.2) is 41.2 Å². The fourth-order valence-electron chi connectivity index (χ4n) is 1.28. The normalized spacial score (nSPS) is 10.8. The minimum Gasteiger partial charge on any atom is -0.496 e. The summed E-state index contributed by atoms with van der Waals surface area (Å²) in [6.07, 6.45) is 0. The molecule has 0 spiro atoms. The zero-order valence-corrected chi connectivity index (χ0v) is 11.6. The zero-order valence-electron chi connectivity index (χ0n) is 10.8. The van der Waals surface area contributed by atoms with Crippen LogP contribution in [0.25, 0.3) is 0 Å². The average Bonchev–Trinajstić information content (AvgIpc) is 2.42. The van der Waals surface area contributed by atoms with Crippen molar-refractivity contribution in [3.05, 3.63) is 23.8 Å².